The number of amides is 1. The summed E-state index contributed by atoms with van der Waals surface area (Å²) in [5, 5.41) is 2.03. The van der Waals surface area contributed by atoms with E-state index in [2.05, 4.69) is 4.98 Å². The molecule has 0 atom stereocenters. The van der Waals surface area contributed by atoms with E-state index in [9.17, 15) is 4.79 Å². The predicted octanol–water partition coefficient (Wildman–Crippen LogP) is 3.90. The van der Waals surface area contributed by atoms with Crippen molar-refractivity contribution >= 4 is 17.2 Å². The Bertz CT molecular complexity index is 673. The first-order valence-electron chi connectivity index (χ1n) is 7.53. The lowest BCUT2D eigenvalue weighted by Gasteiger charge is -2.21. The van der Waals surface area contributed by atoms with Crippen LogP contribution in [0.15, 0.2) is 64.9 Å². The molecule has 0 fully saturated rings. The van der Waals surface area contributed by atoms with E-state index in [0.29, 0.717) is 25.9 Å². The molecule has 0 unspecified atom stereocenters. The molecule has 0 aromatic carbocycles. The number of furan rings is 1. The van der Waals surface area contributed by atoms with Crippen molar-refractivity contribution in [3.63, 3.8) is 0 Å². The third-order valence-electron chi connectivity index (χ3n) is 3.56. The lowest BCUT2D eigenvalue weighted by Crippen LogP contribution is -2.29. The van der Waals surface area contributed by atoms with E-state index in [0.717, 1.165) is 11.3 Å². The number of hydrogen-bond donors (Lipinski definition) is 0. The zero-order valence-corrected chi connectivity index (χ0v) is 13.5. The number of hydrogen-bond acceptors (Lipinski definition) is 4. The van der Waals surface area contributed by atoms with Gasteiger partial charge in [0.2, 0.25) is 5.91 Å². The molecule has 0 spiro atoms. The molecule has 0 N–H and O–H groups in total. The van der Waals surface area contributed by atoms with E-state index in [1.54, 1.807) is 23.8 Å². The number of thiophene rings is 1. The molecule has 23 heavy (non-hydrogen) atoms. The second-order valence-electron chi connectivity index (χ2n) is 5.27. The SMILES string of the molecule is O=C(CCc1cccnc1)N(Cc1ccco1)Cc1cccs1. The number of carbonyl (C=O) groups is 1. The summed E-state index contributed by atoms with van der Waals surface area (Å²) in [6.07, 6.45) is 6.36. The van der Waals surface area contributed by atoms with E-state index >= 15 is 0 Å². The van der Waals surface area contributed by atoms with Gasteiger partial charge in [-0.1, -0.05) is 12.1 Å². The van der Waals surface area contributed by atoms with Gasteiger partial charge in [0.25, 0.3) is 0 Å². The molecule has 0 saturated heterocycles. The maximum Gasteiger partial charge on any atom is 0.223 e. The molecular weight excluding hydrogens is 308 g/mol. The number of aryl methyl sites for hydroxylation is 1. The molecule has 0 radical (unpaired) electrons. The van der Waals surface area contributed by atoms with Crippen LogP contribution in [0.25, 0.3) is 0 Å². The highest BCUT2D eigenvalue weighted by molar-refractivity contribution is 7.09. The zero-order valence-electron chi connectivity index (χ0n) is 12.7. The summed E-state index contributed by atoms with van der Waals surface area (Å²) in [6, 6.07) is 11.7. The van der Waals surface area contributed by atoms with E-state index in [-0.39, 0.29) is 5.91 Å². The Kier molecular flexibility index (Phi) is 5.21. The molecule has 1 amide bonds. The van der Waals surface area contributed by atoms with Crippen LogP contribution in [0.3, 0.4) is 0 Å². The van der Waals surface area contributed by atoms with Gasteiger partial charge in [-0.25, -0.2) is 0 Å². The molecule has 0 saturated carbocycles. The zero-order chi connectivity index (χ0) is 15.9. The van der Waals surface area contributed by atoms with Gasteiger partial charge in [0.15, 0.2) is 0 Å². The quantitative estimate of drug-likeness (QED) is 0.661. The summed E-state index contributed by atoms with van der Waals surface area (Å²) < 4.78 is 5.40. The van der Waals surface area contributed by atoms with Crippen LogP contribution in [0, 0.1) is 0 Å². The van der Waals surface area contributed by atoms with Crippen LogP contribution in [-0.4, -0.2) is 15.8 Å². The third kappa shape index (κ3) is 4.53. The topological polar surface area (TPSA) is 46.3 Å². The van der Waals surface area contributed by atoms with Crippen LogP contribution in [0.2, 0.25) is 0 Å². The largest absolute Gasteiger partial charge is 0.467 e. The average Bonchev–Trinajstić information content (AvgIpc) is 3.27. The van der Waals surface area contributed by atoms with Crippen molar-refractivity contribution in [2.24, 2.45) is 0 Å². The maximum atomic E-state index is 12.6. The van der Waals surface area contributed by atoms with Gasteiger partial charge >= 0.3 is 0 Å². The second-order valence-corrected chi connectivity index (χ2v) is 6.30. The molecule has 3 aromatic heterocycles. The standard InChI is InChI=1S/C18H18N2O2S/c21-18(8-7-15-4-1-9-19-12-15)20(13-16-5-2-10-22-16)14-17-6-3-11-23-17/h1-6,9-12H,7-8,13-14H2. The number of rotatable bonds is 7. The minimum absolute atomic E-state index is 0.124. The van der Waals surface area contributed by atoms with E-state index < -0.39 is 0 Å². The summed E-state index contributed by atoms with van der Waals surface area (Å²) >= 11 is 1.66. The van der Waals surface area contributed by atoms with Crippen LogP contribution in [-0.2, 0) is 24.3 Å². The van der Waals surface area contributed by atoms with Gasteiger partial charge in [-0.15, -0.1) is 11.3 Å². The van der Waals surface area contributed by atoms with E-state index in [1.165, 1.54) is 4.88 Å². The summed E-state index contributed by atoms with van der Waals surface area (Å²) in [5.41, 5.74) is 1.08. The lowest BCUT2D eigenvalue weighted by molar-refractivity contribution is -0.132. The molecule has 0 aliphatic heterocycles. The van der Waals surface area contributed by atoms with Crippen LogP contribution in [0.5, 0.6) is 0 Å². The van der Waals surface area contributed by atoms with E-state index in [4.69, 9.17) is 4.42 Å². The Hall–Kier alpha value is -2.40. The highest BCUT2D eigenvalue weighted by Crippen LogP contribution is 2.16. The summed E-state index contributed by atoms with van der Waals surface area (Å²) in [5.74, 6) is 0.926. The second kappa shape index (κ2) is 7.74. The highest BCUT2D eigenvalue weighted by Gasteiger charge is 2.16. The smallest absolute Gasteiger partial charge is 0.223 e. The van der Waals surface area contributed by atoms with Crippen molar-refractivity contribution in [3.05, 3.63) is 76.6 Å². The van der Waals surface area contributed by atoms with E-state index in [1.807, 2.05) is 52.9 Å². The Morgan fingerprint density at radius 2 is 2.13 bits per heavy atom. The summed E-state index contributed by atoms with van der Waals surface area (Å²) in [4.78, 5) is 19.7. The number of aromatic nitrogens is 1. The van der Waals surface area contributed by atoms with Crippen LogP contribution >= 0.6 is 11.3 Å². The predicted molar refractivity (Wildman–Crippen MR) is 89.8 cm³/mol. The molecule has 3 rings (SSSR count). The van der Waals surface area contributed by atoms with Crippen molar-refractivity contribution in [2.45, 2.75) is 25.9 Å². The van der Waals surface area contributed by atoms with Crippen molar-refractivity contribution < 1.29 is 9.21 Å². The molecule has 4 nitrogen and oxygen atoms in total. The van der Waals surface area contributed by atoms with Crippen molar-refractivity contribution in [1.29, 1.82) is 0 Å². The normalized spacial score (nSPS) is 10.6. The van der Waals surface area contributed by atoms with Gasteiger partial charge in [-0.3, -0.25) is 9.78 Å². The molecule has 3 aromatic rings. The number of carbonyl (C=O) groups excluding carboxylic acids is 1. The van der Waals surface area contributed by atoms with Crippen LogP contribution < -0.4 is 0 Å². The van der Waals surface area contributed by atoms with Crippen molar-refractivity contribution in [1.82, 2.24) is 9.88 Å². The first-order chi connectivity index (χ1) is 11.3. The van der Waals surface area contributed by atoms with Crippen molar-refractivity contribution in [2.75, 3.05) is 0 Å². The van der Waals surface area contributed by atoms with Crippen LogP contribution in [0.4, 0.5) is 0 Å². The lowest BCUT2D eigenvalue weighted by atomic mass is 10.1. The van der Waals surface area contributed by atoms with Gasteiger partial charge in [0.1, 0.15) is 5.76 Å². The minimum atomic E-state index is 0.124. The van der Waals surface area contributed by atoms with Gasteiger partial charge in [0, 0.05) is 23.7 Å². The minimum Gasteiger partial charge on any atom is -0.467 e. The van der Waals surface area contributed by atoms with Gasteiger partial charge < -0.3 is 9.32 Å². The highest BCUT2D eigenvalue weighted by atomic mass is 32.1. The number of pyridine rings is 1. The molecule has 0 aliphatic carbocycles. The average molecular weight is 326 g/mol. The Labute approximate surface area is 139 Å². The summed E-state index contributed by atoms with van der Waals surface area (Å²) in [7, 11) is 0. The number of nitrogens with zero attached hydrogens (tertiary/aromatic N) is 2. The Morgan fingerprint density at radius 1 is 1.17 bits per heavy atom. The first-order valence-corrected chi connectivity index (χ1v) is 8.40. The fourth-order valence-corrected chi connectivity index (χ4v) is 3.09. The molecule has 0 bridgehead atoms. The molecular formula is C18H18N2O2S. The molecule has 5 heteroatoms. The fourth-order valence-electron chi connectivity index (χ4n) is 2.37. The van der Waals surface area contributed by atoms with Crippen molar-refractivity contribution in [3.8, 4) is 0 Å². The molecule has 3 heterocycles. The van der Waals surface area contributed by atoms with Gasteiger partial charge in [-0.05, 0) is 41.6 Å². The first kappa shape index (κ1) is 15.5. The monoisotopic (exact) mass is 326 g/mol. The third-order valence-corrected chi connectivity index (χ3v) is 4.42. The molecule has 0 aliphatic rings. The Morgan fingerprint density at radius 3 is 2.83 bits per heavy atom. The Balaban J connectivity index is 1.65. The maximum absolute atomic E-state index is 12.6. The fraction of sp³-hybridized carbons (Fsp3) is 0.222. The van der Waals surface area contributed by atoms with Crippen LogP contribution in [0.1, 0.15) is 22.6 Å². The van der Waals surface area contributed by atoms with Gasteiger partial charge in [0.05, 0.1) is 19.4 Å². The summed E-state index contributed by atoms with van der Waals surface area (Å²) in [6.45, 7) is 1.11. The van der Waals surface area contributed by atoms with Gasteiger partial charge in [-0.2, -0.15) is 0 Å². The molecule has 118 valence electrons.